The molecular formula is C26H44N2O4S. The average Bonchev–Trinajstić information content (AvgIpc) is 2.84. The van der Waals surface area contributed by atoms with Crippen LogP contribution in [0.4, 0.5) is 0 Å². The van der Waals surface area contributed by atoms with Gasteiger partial charge >= 0.3 is 0 Å². The number of amides is 1. The van der Waals surface area contributed by atoms with Crippen LogP contribution in [-0.2, 0) is 16.0 Å². The summed E-state index contributed by atoms with van der Waals surface area (Å²) in [5.74, 6) is 4.32. The molecule has 2 rings (SSSR count). The molecule has 0 spiro atoms. The van der Waals surface area contributed by atoms with Gasteiger partial charge < -0.3 is 19.5 Å². The molecule has 1 heterocycles. The molecule has 1 atom stereocenters. The van der Waals surface area contributed by atoms with Gasteiger partial charge in [0.25, 0.3) is 0 Å². The monoisotopic (exact) mass is 480 g/mol. The third-order valence-corrected chi connectivity index (χ3v) is 7.05. The molecule has 1 aromatic carbocycles. The van der Waals surface area contributed by atoms with Crippen LogP contribution in [0.2, 0.25) is 0 Å². The minimum atomic E-state index is 0.0984. The van der Waals surface area contributed by atoms with Crippen molar-refractivity contribution in [3.8, 4) is 11.5 Å². The van der Waals surface area contributed by atoms with Crippen LogP contribution in [0.25, 0.3) is 0 Å². The Balaban J connectivity index is 1.56. The first-order valence-electron chi connectivity index (χ1n) is 12.5. The van der Waals surface area contributed by atoms with E-state index in [-0.39, 0.29) is 11.8 Å². The van der Waals surface area contributed by atoms with E-state index in [1.165, 1.54) is 29.9 Å². The number of methoxy groups -OCH3 is 2. The molecule has 7 heteroatoms. The molecule has 6 nitrogen and oxygen atoms in total. The van der Waals surface area contributed by atoms with E-state index in [9.17, 15) is 4.79 Å². The minimum Gasteiger partial charge on any atom is -0.493 e. The van der Waals surface area contributed by atoms with Crippen LogP contribution in [0.15, 0.2) is 18.2 Å². The van der Waals surface area contributed by atoms with Gasteiger partial charge in [0.15, 0.2) is 11.5 Å². The lowest BCUT2D eigenvalue weighted by atomic mass is 10.00. The smallest absolute Gasteiger partial charge is 0.222 e. The van der Waals surface area contributed by atoms with Crippen LogP contribution in [0, 0.1) is 5.92 Å². The van der Waals surface area contributed by atoms with Gasteiger partial charge in [-0.1, -0.05) is 32.3 Å². The number of rotatable bonds is 17. The number of benzene rings is 1. The van der Waals surface area contributed by atoms with Crippen molar-refractivity contribution < 1.29 is 19.0 Å². The van der Waals surface area contributed by atoms with Gasteiger partial charge in [0.2, 0.25) is 5.91 Å². The van der Waals surface area contributed by atoms with Gasteiger partial charge in [-0.15, -0.1) is 0 Å². The Morgan fingerprint density at radius 1 is 1.06 bits per heavy atom. The second-order valence-electron chi connectivity index (χ2n) is 8.78. The molecule has 0 radical (unpaired) electrons. The summed E-state index contributed by atoms with van der Waals surface area (Å²) in [7, 11) is 3.37. The molecule has 0 bridgehead atoms. The van der Waals surface area contributed by atoms with Crippen LogP contribution < -0.4 is 14.8 Å². The summed E-state index contributed by atoms with van der Waals surface area (Å²) in [5, 5.41) is 3.12. The number of unbranched alkanes of at least 4 members (excludes halogenated alkanes) is 3. The van der Waals surface area contributed by atoms with Crippen molar-refractivity contribution >= 4 is 17.7 Å². The largest absolute Gasteiger partial charge is 0.493 e. The van der Waals surface area contributed by atoms with Crippen molar-refractivity contribution in [2.75, 3.05) is 65.1 Å². The predicted octanol–water partition coefficient (Wildman–Crippen LogP) is 4.40. The molecule has 1 saturated heterocycles. The maximum Gasteiger partial charge on any atom is 0.222 e. The van der Waals surface area contributed by atoms with Crippen molar-refractivity contribution in [3.63, 3.8) is 0 Å². The molecule has 33 heavy (non-hydrogen) atoms. The highest BCUT2D eigenvalue weighted by Crippen LogP contribution is 2.29. The van der Waals surface area contributed by atoms with E-state index in [1.54, 1.807) is 14.2 Å². The van der Waals surface area contributed by atoms with Crippen molar-refractivity contribution in [1.29, 1.82) is 0 Å². The number of nitrogens with one attached hydrogen (secondary N) is 1. The Kier molecular flexibility index (Phi) is 14.4. The average molecular weight is 481 g/mol. The van der Waals surface area contributed by atoms with E-state index < -0.39 is 0 Å². The Bertz CT molecular complexity index is 668. The number of ether oxygens (including phenoxy) is 3. The maximum absolute atomic E-state index is 12.3. The Labute approximate surface area is 205 Å². The van der Waals surface area contributed by atoms with Crippen molar-refractivity contribution in [2.24, 2.45) is 5.92 Å². The molecular weight excluding hydrogens is 436 g/mol. The number of carbonyl (C=O) groups excluding carboxylic acids is 1. The predicted molar refractivity (Wildman–Crippen MR) is 138 cm³/mol. The number of carbonyl (C=O) groups is 1. The van der Waals surface area contributed by atoms with E-state index in [0.29, 0.717) is 13.2 Å². The summed E-state index contributed by atoms with van der Waals surface area (Å²) in [5.41, 5.74) is 1.28. The molecule has 1 amide bonds. The second kappa shape index (κ2) is 17.1. The van der Waals surface area contributed by atoms with Gasteiger partial charge in [-0.05, 0) is 37.0 Å². The van der Waals surface area contributed by atoms with Gasteiger partial charge in [0, 0.05) is 63.7 Å². The minimum absolute atomic E-state index is 0.0984. The second-order valence-corrected chi connectivity index (χ2v) is 10.0. The van der Waals surface area contributed by atoms with E-state index >= 15 is 0 Å². The summed E-state index contributed by atoms with van der Waals surface area (Å²) < 4.78 is 16.4. The number of nitrogens with zero attached hydrogens (tertiary/aromatic N) is 1. The van der Waals surface area contributed by atoms with Crippen molar-refractivity contribution in [2.45, 2.75) is 51.9 Å². The molecule has 1 fully saturated rings. The fraction of sp³-hybridized carbons (Fsp3) is 0.731. The molecule has 0 aromatic heterocycles. The van der Waals surface area contributed by atoms with Crippen LogP contribution in [-0.4, -0.2) is 75.9 Å². The maximum atomic E-state index is 12.3. The van der Waals surface area contributed by atoms with Crippen molar-refractivity contribution in [3.05, 3.63) is 23.8 Å². The van der Waals surface area contributed by atoms with Crippen LogP contribution in [0.1, 0.15) is 51.0 Å². The molecule has 1 aromatic rings. The lowest BCUT2D eigenvalue weighted by molar-refractivity contribution is -0.124. The van der Waals surface area contributed by atoms with Gasteiger partial charge in [0.1, 0.15) is 0 Å². The molecule has 0 unspecified atom stereocenters. The van der Waals surface area contributed by atoms with Crippen LogP contribution in [0.3, 0.4) is 0 Å². The topological polar surface area (TPSA) is 60.0 Å². The normalized spacial score (nSPS) is 15.2. The fourth-order valence-corrected chi connectivity index (χ4v) is 4.95. The zero-order valence-electron chi connectivity index (χ0n) is 20.9. The number of hydrogen-bond donors (Lipinski definition) is 1. The highest BCUT2D eigenvalue weighted by molar-refractivity contribution is 7.99. The quantitative estimate of drug-likeness (QED) is 0.334. The Morgan fingerprint density at radius 2 is 1.85 bits per heavy atom. The molecule has 1 aliphatic heterocycles. The van der Waals surface area contributed by atoms with Crippen LogP contribution >= 0.6 is 11.8 Å². The zero-order chi connectivity index (χ0) is 23.7. The first-order valence-corrected chi connectivity index (χ1v) is 13.7. The fourth-order valence-electron chi connectivity index (χ4n) is 3.98. The van der Waals surface area contributed by atoms with E-state index in [2.05, 4.69) is 29.3 Å². The number of hydrogen-bond acceptors (Lipinski definition) is 6. The van der Waals surface area contributed by atoms with Gasteiger partial charge in [-0.2, -0.15) is 11.8 Å². The summed E-state index contributed by atoms with van der Waals surface area (Å²) in [4.78, 5) is 14.8. The van der Waals surface area contributed by atoms with Crippen LogP contribution in [0.5, 0.6) is 11.5 Å². The third kappa shape index (κ3) is 11.5. The summed E-state index contributed by atoms with van der Waals surface area (Å²) >= 11 is 2.02. The van der Waals surface area contributed by atoms with Gasteiger partial charge in [-0.25, -0.2) is 0 Å². The number of thioether (sulfide) groups is 1. The van der Waals surface area contributed by atoms with E-state index in [1.807, 2.05) is 17.8 Å². The zero-order valence-corrected chi connectivity index (χ0v) is 21.7. The first-order chi connectivity index (χ1) is 16.1. The summed E-state index contributed by atoms with van der Waals surface area (Å²) in [6.45, 7) is 7.41. The van der Waals surface area contributed by atoms with E-state index in [0.717, 1.165) is 69.8 Å². The molecule has 0 aliphatic carbocycles. The first kappa shape index (κ1) is 27.8. The summed E-state index contributed by atoms with van der Waals surface area (Å²) in [6, 6.07) is 6.21. The Hall–Kier alpha value is -1.44. The SMILES string of the molecule is COCCCOc1cc(CCCCCC[C@@H](C)C(=O)NCCN2CCSCC2)ccc1OC. The highest BCUT2D eigenvalue weighted by atomic mass is 32.2. The molecule has 1 aliphatic rings. The molecule has 188 valence electrons. The van der Waals surface area contributed by atoms with Gasteiger partial charge in [0.05, 0.1) is 13.7 Å². The standard InChI is InChI=1S/C26H44N2O4S/c1-22(26(29)27-13-14-28-15-19-33-20-16-28)9-6-4-5-7-10-23-11-12-24(31-3)25(21-23)32-18-8-17-30-2/h11-12,21-22H,4-10,13-20H2,1-3H3,(H,27,29)/t22-/m1/s1. The molecule has 1 N–H and O–H groups in total. The van der Waals surface area contributed by atoms with Gasteiger partial charge in [-0.3, -0.25) is 9.69 Å². The highest BCUT2D eigenvalue weighted by Gasteiger charge is 2.14. The number of aryl methyl sites for hydroxylation is 1. The lowest BCUT2D eigenvalue weighted by Crippen LogP contribution is -2.40. The third-order valence-electron chi connectivity index (χ3n) is 6.11. The summed E-state index contributed by atoms with van der Waals surface area (Å²) in [6.07, 6.45) is 7.45. The van der Waals surface area contributed by atoms with E-state index in [4.69, 9.17) is 14.2 Å². The Morgan fingerprint density at radius 3 is 2.61 bits per heavy atom. The molecule has 0 saturated carbocycles. The lowest BCUT2D eigenvalue weighted by Gasteiger charge is -2.26. The van der Waals surface area contributed by atoms with Crippen molar-refractivity contribution in [1.82, 2.24) is 10.2 Å².